The number of pyridine rings is 1. The molecule has 15 heavy (non-hydrogen) atoms. The average Bonchev–Trinajstić information content (AvgIpc) is 2.59. The number of nitrogen functional groups attached to an aromatic ring is 1. The Morgan fingerprint density at radius 2 is 2.13 bits per heavy atom. The van der Waals surface area contributed by atoms with Crippen LogP contribution < -0.4 is 5.73 Å². The van der Waals surface area contributed by atoms with Gasteiger partial charge in [-0.25, -0.2) is 9.97 Å². The summed E-state index contributed by atoms with van der Waals surface area (Å²) < 4.78 is 0. The first kappa shape index (κ1) is 8.16. The lowest BCUT2D eigenvalue weighted by Crippen LogP contribution is -1.91. The second-order valence-corrected chi connectivity index (χ2v) is 3.46. The Labute approximate surface area is 85.4 Å². The minimum atomic E-state index is 0.462. The Bertz CT molecular complexity index is 655. The second-order valence-electron chi connectivity index (χ2n) is 3.46. The number of aromatic nitrogens is 4. The van der Waals surface area contributed by atoms with Gasteiger partial charge in [0.05, 0.1) is 10.9 Å². The van der Waals surface area contributed by atoms with Gasteiger partial charge in [-0.05, 0) is 18.6 Å². The molecule has 74 valence electrons. The van der Waals surface area contributed by atoms with Gasteiger partial charge < -0.3 is 10.7 Å². The molecule has 0 atom stereocenters. The maximum absolute atomic E-state index is 5.81. The lowest BCUT2D eigenvalue weighted by atomic mass is 10.2. The van der Waals surface area contributed by atoms with Crippen LogP contribution in [0.4, 0.5) is 5.82 Å². The largest absolute Gasteiger partial charge is 0.383 e. The molecule has 0 saturated heterocycles. The van der Waals surface area contributed by atoms with E-state index in [0.29, 0.717) is 5.82 Å². The molecule has 0 spiro atoms. The normalized spacial score (nSPS) is 11.3. The second kappa shape index (κ2) is 2.66. The standard InChI is InChI=1S/C10H9N5/c1-5-2-3-12-8-6-9(11)13-4-14-10(6)15-7(5)8/h2-4H,1H3,(H3,11,13,14,15). The number of aromatic amines is 1. The molecule has 3 heterocycles. The van der Waals surface area contributed by atoms with Crippen molar-refractivity contribution in [3.05, 3.63) is 24.2 Å². The van der Waals surface area contributed by atoms with Crippen molar-refractivity contribution in [1.82, 2.24) is 19.9 Å². The molecule has 0 unspecified atom stereocenters. The van der Waals surface area contributed by atoms with Gasteiger partial charge in [0.15, 0.2) is 0 Å². The number of nitrogens with one attached hydrogen (secondary N) is 1. The third-order valence-electron chi connectivity index (χ3n) is 2.52. The molecule has 0 aliphatic heterocycles. The number of fused-ring (bicyclic) bond motifs is 3. The van der Waals surface area contributed by atoms with Crippen molar-refractivity contribution in [3.63, 3.8) is 0 Å². The first-order valence-corrected chi connectivity index (χ1v) is 4.61. The third kappa shape index (κ3) is 0.999. The van der Waals surface area contributed by atoms with Crippen LogP contribution >= 0.6 is 0 Å². The topological polar surface area (TPSA) is 80.5 Å². The maximum atomic E-state index is 5.81. The van der Waals surface area contributed by atoms with Crippen molar-refractivity contribution in [2.75, 3.05) is 5.73 Å². The summed E-state index contributed by atoms with van der Waals surface area (Å²) in [5.74, 6) is 0.462. The van der Waals surface area contributed by atoms with Crippen molar-refractivity contribution in [1.29, 1.82) is 0 Å². The summed E-state index contributed by atoms with van der Waals surface area (Å²) in [6.07, 6.45) is 3.21. The zero-order valence-electron chi connectivity index (χ0n) is 8.15. The SMILES string of the molecule is Cc1ccnc2c1[nH]c1ncnc(N)c12. The van der Waals surface area contributed by atoms with E-state index in [9.17, 15) is 0 Å². The highest BCUT2D eigenvalue weighted by Crippen LogP contribution is 2.26. The third-order valence-corrected chi connectivity index (χ3v) is 2.52. The minimum Gasteiger partial charge on any atom is -0.383 e. The molecule has 0 saturated carbocycles. The Morgan fingerprint density at radius 3 is 3.00 bits per heavy atom. The molecule has 5 nitrogen and oxygen atoms in total. The number of hydrogen-bond donors (Lipinski definition) is 2. The van der Waals surface area contributed by atoms with Gasteiger partial charge in [-0.1, -0.05) is 0 Å². The number of hydrogen-bond acceptors (Lipinski definition) is 4. The van der Waals surface area contributed by atoms with Crippen molar-refractivity contribution >= 4 is 27.9 Å². The number of nitrogens with two attached hydrogens (primary N) is 1. The Balaban J connectivity index is 2.65. The predicted octanol–water partition coefficient (Wildman–Crippen LogP) is 1.40. The van der Waals surface area contributed by atoms with E-state index in [0.717, 1.165) is 27.6 Å². The maximum Gasteiger partial charge on any atom is 0.145 e. The smallest absolute Gasteiger partial charge is 0.145 e. The van der Waals surface area contributed by atoms with Crippen LogP contribution in [0.1, 0.15) is 5.56 Å². The lowest BCUT2D eigenvalue weighted by molar-refractivity contribution is 1.21. The van der Waals surface area contributed by atoms with Crippen molar-refractivity contribution in [2.45, 2.75) is 6.92 Å². The van der Waals surface area contributed by atoms with E-state index >= 15 is 0 Å². The summed E-state index contributed by atoms with van der Waals surface area (Å²) in [6.45, 7) is 2.02. The summed E-state index contributed by atoms with van der Waals surface area (Å²) in [5.41, 5.74) is 9.47. The van der Waals surface area contributed by atoms with Crippen LogP contribution in [0.15, 0.2) is 18.6 Å². The van der Waals surface area contributed by atoms with Gasteiger partial charge in [0.25, 0.3) is 0 Å². The average molecular weight is 199 g/mol. The van der Waals surface area contributed by atoms with Crippen LogP contribution in [0, 0.1) is 6.92 Å². The van der Waals surface area contributed by atoms with Gasteiger partial charge >= 0.3 is 0 Å². The van der Waals surface area contributed by atoms with Crippen LogP contribution in [-0.4, -0.2) is 19.9 Å². The number of H-pyrrole nitrogens is 1. The fourth-order valence-electron chi connectivity index (χ4n) is 1.75. The van der Waals surface area contributed by atoms with Gasteiger partial charge in [-0.2, -0.15) is 0 Å². The van der Waals surface area contributed by atoms with Gasteiger partial charge in [-0.15, -0.1) is 0 Å². The summed E-state index contributed by atoms with van der Waals surface area (Å²) in [6, 6.07) is 1.95. The molecule has 0 bridgehead atoms. The molecule has 0 fully saturated rings. The molecule has 0 amide bonds. The minimum absolute atomic E-state index is 0.462. The number of aryl methyl sites for hydroxylation is 1. The fourth-order valence-corrected chi connectivity index (χ4v) is 1.75. The van der Waals surface area contributed by atoms with Crippen LogP contribution in [0.2, 0.25) is 0 Å². The highest BCUT2D eigenvalue weighted by atomic mass is 15.0. The highest BCUT2D eigenvalue weighted by molar-refractivity contribution is 6.09. The molecule has 3 rings (SSSR count). The zero-order valence-corrected chi connectivity index (χ0v) is 8.15. The Kier molecular flexibility index (Phi) is 1.45. The van der Waals surface area contributed by atoms with Gasteiger partial charge in [0.1, 0.15) is 23.3 Å². The van der Waals surface area contributed by atoms with Gasteiger partial charge in [0, 0.05) is 6.20 Å². The number of nitrogens with zero attached hydrogens (tertiary/aromatic N) is 3. The molecule has 3 aromatic rings. The lowest BCUT2D eigenvalue weighted by Gasteiger charge is -1.94. The fraction of sp³-hybridized carbons (Fsp3) is 0.100. The molecule has 3 N–H and O–H groups in total. The van der Waals surface area contributed by atoms with Crippen LogP contribution in [0.5, 0.6) is 0 Å². The predicted molar refractivity (Wildman–Crippen MR) is 58.3 cm³/mol. The Morgan fingerprint density at radius 1 is 1.27 bits per heavy atom. The first-order chi connectivity index (χ1) is 7.27. The van der Waals surface area contributed by atoms with Crippen LogP contribution in [0.3, 0.4) is 0 Å². The van der Waals surface area contributed by atoms with E-state index in [4.69, 9.17) is 5.73 Å². The van der Waals surface area contributed by atoms with Crippen LogP contribution in [-0.2, 0) is 0 Å². The molecular formula is C10H9N5. The van der Waals surface area contributed by atoms with E-state index in [1.807, 2.05) is 13.0 Å². The highest BCUT2D eigenvalue weighted by Gasteiger charge is 2.10. The molecular weight excluding hydrogens is 190 g/mol. The molecule has 0 aliphatic rings. The van der Waals surface area contributed by atoms with Crippen molar-refractivity contribution in [3.8, 4) is 0 Å². The van der Waals surface area contributed by atoms with Crippen molar-refractivity contribution < 1.29 is 0 Å². The molecule has 3 aromatic heterocycles. The molecule has 0 aromatic carbocycles. The summed E-state index contributed by atoms with van der Waals surface area (Å²) in [7, 11) is 0. The zero-order chi connectivity index (χ0) is 10.4. The quantitative estimate of drug-likeness (QED) is 0.573. The van der Waals surface area contributed by atoms with E-state index < -0.39 is 0 Å². The van der Waals surface area contributed by atoms with Gasteiger partial charge in [-0.3, -0.25) is 4.98 Å². The summed E-state index contributed by atoms with van der Waals surface area (Å²) >= 11 is 0. The van der Waals surface area contributed by atoms with E-state index in [1.54, 1.807) is 6.20 Å². The Hall–Kier alpha value is -2.17. The van der Waals surface area contributed by atoms with E-state index in [-0.39, 0.29) is 0 Å². The van der Waals surface area contributed by atoms with E-state index in [1.165, 1.54) is 6.33 Å². The number of anilines is 1. The first-order valence-electron chi connectivity index (χ1n) is 4.61. The summed E-state index contributed by atoms with van der Waals surface area (Å²) in [4.78, 5) is 15.6. The summed E-state index contributed by atoms with van der Waals surface area (Å²) in [5, 5.41) is 0.802. The monoisotopic (exact) mass is 199 g/mol. The number of rotatable bonds is 0. The molecule has 5 heteroatoms. The molecule has 0 radical (unpaired) electrons. The van der Waals surface area contributed by atoms with Crippen LogP contribution in [0.25, 0.3) is 22.1 Å². The van der Waals surface area contributed by atoms with Crippen molar-refractivity contribution in [2.24, 2.45) is 0 Å². The van der Waals surface area contributed by atoms with E-state index in [2.05, 4.69) is 19.9 Å². The molecule has 0 aliphatic carbocycles. The van der Waals surface area contributed by atoms with Gasteiger partial charge in [0.2, 0.25) is 0 Å².